The van der Waals surface area contributed by atoms with Crippen molar-refractivity contribution in [3.05, 3.63) is 23.8 Å². The van der Waals surface area contributed by atoms with Crippen molar-refractivity contribution in [2.24, 2.45) is 10.6 Å². The topological polar surface area (TPSA) is 89.3 Å². The Morgan fingerprint density at radius 3 is 2.28 bits per heavy atom. The molecule has 1 amide bonds. The lowest BCUT2D eigenvalue weighted by atomic mass is 9.95. The fourth-order valence-corrected chi connectivity index (χ4v) is 1.76. The van der Waals surface area contributed by atoms with E-state index in [1.165, 1.54) is 12.1 Å². The van der Waals surface area contributed by atoms with Crippen molar-refractivity contribution in [2.75, 3.05) is 5.32 Å². The summed E-state index contributed by atoms with van der Waals surface area (Å²) in [5.41, 5.74) is 0.686. The molecule has 5 nitrogen and oxygen atoms in total. The van der Waals surface area contributed by atoms with Gasteiger partial charge in [0, 0.05) is 11.1 Å². The van der Waals surface area contributed by atoms with E-state index < -0.39 is 15.4 Å². The van der Waals surface area contributed by atoms with Crippen LogP contribution in [0.25, 0.3) is 0 Å². The zero-order chi connectivity index (χ0) is 14.1. The molecule has 0 spiro atoms. The van der Waals surface area contributed by atoms with Gasteiger partial charge in [-0.2, -0.15) is 0 Å². The summed E-state index contributed by atoms with van der Waals surface area (Å²) < 4.78 is 22.5. The summed E-state index contributed by atoms with van der Waals surface area (Å²) in [6.07, 6.45) is 0. The number of rotatable bonds is 2. The van der Waals surface area contributed by atoms with Crippen molar-refractivity contribution < 1.29 is 13.2 Å². The van der Waals surface area contributed by atoms with E-state index in [9.17, 15) is 13.2 Å². The number of hydrogen-bond acceptors (Lipinski definition) is 3. The highest BCUT2D eigenvalue weighted by atomic mass is 32.2. The molecule has 3 N–H and O–H groups in total. The molecule has 0 fully saturated rings. The average molecular weight is 270 g/mol. The second-order valence-corrected chi connectivity index (χ2v) is 6.79. The van der Waals surface area contributed by atoms with Crippen LogP contribution in [-0.4, -0.2) is 14.3 Å². The molecule has 18 heavy (non-hydrogen) atoms. The maximum Gasteiger partial charge on any atom is 0.238 e. The summed E-state index contributed by atoms with van der Waals surface area (Å²) in [6, 6.07) is 4.39. The Morgan fingerprint density at radius 2 is 1.83 bits per heavy atom. The Kier molecular flexibility index (Phi) is 3.83. The highest BCUT2D eigenvalue weighted by Crippen LogP contribution is 2.22. The van der Waals surface area contributed by atoms with Crippen molar-refractivity contribution in [3.63, 3.8) is 0 Å². The molecular formula is C12H18N2O3S. The van der Waals surface area contributed by atoms with Crippen LogP contribution in [0.1, 0.15) is 26.3 Å². The van der Waals surface area contributed by atoms with Gasteiger partial charge in [0.15, 0.2) is 0 Å². The smallest absolute Gasteiger partial charge is 0.238 e. The standard InChI is InChI=1S/C12H18N2O3S/c1-8-5-6-9(18(13,16)17)7-10(8)14-11(15)12(2,3)4/h5-7H,1-4H3,(H,14,15)(H2,13,16,17). The number of carbonyl (C=O) groups excluding carboxylic acids is 1. The van der Waals surface area contributed by atoms with Crippen LogP contribution in [0, 0.1) is 12.3 Å². The van der Waals surface area contributed by atoms with Crippen LogP contribution in [0.2, 0.25) is 0 Å². The second-order valence-electron chi connectivity index (χ2n) is 5.23. The van der Waals surface area contributed by atoms with Gasteiger partial charge in [-0.1, -0.05) is 26.8 Å². The van der Waals surface area contributed by atoms with Crippen LogP contribution in [0.3, 0.4) is 0 Å². The van der Waals surface area contributed by atoms with E-state index in [0.717, 1.165) is 5.56 Å². The maximum atomic E-state index is 11.9. The highest BCUT2D eigenvalue weighted by Gasteiger charge is 2.22. The number of primary sulfonamides is 1. The molecule has 0 unspecified atom stereocenters. The first-order valence-electron chi connectivity index (χ1n) is 5.47. The molecule has 0 aliphatic heterocycles. The molecular weight excluding hydrogens is 252 g/mol. The summed E-state index contributed by atoms with van der Waals surface area (Å²) >= 11 is 0. The number of sulfonamides is 1. The second kappa shape index (κ2) is 4.70. The summed E-state index contributed by atoms with van der Waals surface area (Å²) in [5, 5.41) is 7.76. The van der Waals surface area contributed by atoms with E-state index in [1.54, 1.807) is 33.8 Å². The summed E-state index contributed by atoms with van der Waals surface area (Å²) in [7, 11) is -3.76. The van der Waals surface area contributed by atoms with E-state index in [-0.39, 0.29) is 10.8 Å². The van der Waals surface area contributed by atoms with Crippen LogP contribution in [0.4, 0.5) is 5.69 Å². The molecule has 0 aliphatic carbocycles. The van der Waals surface area contributed by atoms with E-state index in [2.05, 4.69) is 5.32 Å². The Balaban J connectivity index is 3.14. The first kappa shape index (κ1) is 14.7. The molecule has 0 aliphatic rings. The van der Waals surface area contributed by atoms with E-state index in [4.69, 9.17) is 5.14 Å². The van der Waals surface area contributed by atoms with Gasteiger partial charge in [-0.25, -0.2) is 13.6 Å². The highest BCUT2D eigenvalue weighted by molar-refractivity contribution is 7.89. The molecule has 1 rings (SSSR count). The third-order valence-electron chi connectivity index (χ3n) is 2.47. The fraction of sp³-hybridized carbons (Fsp3) is 0.417. The summed E-state index contributed by atoms with van der Waals surface area (Å²) in [5.74, 6) is -0.183. The van der Waals surface area contributed by atoms with Gasteiger partial charge in [-0.05, 0) is 24.6 Å². The number of nitrogens with one attached hydrogen (secondary N) is 1. The van der Waals surface area contributed by atoms with Crippen molar-refractivity contribution in [1.82, 2.24) is 0 Å². The molecule has 100 valence electrons. The number of aryl methyl sites for hydroxylation is 1. The molecule has 0 atom stereocenters. The average Bonchev–Trinajstić information content (AvgIpc) is 2.18. The summed E-state index contributed by atoms with van der Waals surface area (Å²) in [6.45, 7) is 7.12. The van der Waals surface area contributed by atoms with Gasteiger partial charge in [0.1, 0.15) is 0 Å². The lowest BCUT2D eigenvalue weighted by Crippen LogP contribution is -2.28. The quantitative estimate of drug-likeness (QED) is 0.855. The molecule has 0 heterocycles. The zero-order valence-electron chi connectivity index (χ0n) is 10.9. The molecule has 0 aromatic heterocycles. The van der Waals surface area contributed by atoms with Crippen LogP contribution >= 0.6 is 0 Å². The minimum atomic E-state index is -3.76. The largest absolute Gasteiger partial charge is 0.325 e. The molecule has 6 heteroatoms. The predicted molar refractivity (Wildman–Crippen MR) is 70.6 cm³/mol. The van der Waals surface area contributed by atoms with Crippen molar-refractivity contribution in [3.8, 4) is 0 Å². The Bertz CT molecular complexity index is 571. The minimum Gasteiger partial charge on any atom is -0.325 e. The van der Waals surface area contributed by atoms with Crippen LogP contribution in [0.5, 0.6) is 0 Å². The number of benzene rings is 1. The SMILES string of the molecule is Cc1ccc(S(N)(=O)=O)cc1NC(=O)C(C)(C)C. The van der Waals surface area contributed by atoms with Gasteiger partial charge >= 0.3 is 0 Å². The first-order chi connectivity index (χ1) is 8.01. The molecule has 1 aromatic carbocycles. The van der Waals surface area contributed by atoms with Crippen molar-refractivity contribution in [2.45, 2.75) is 32.6 Å². The van der Waals surface area contributed by atoms with Crippen molar-refractivity contribution >= 4 is 21.6 Å². The summed E-state index contributed by atoms with van der Waals surface area (Å²) in [4.78, 5) is 11.8. The normalized spacial score (nSPS) is 12.3. The Hall–Kier alpha value is -1.40. The third kappa shape index (κ3) is 3.54. The number of anilines is 1. The molecule has 0 bridgehead atoms. The van der Waals surface area contributed by atoms with Gasteiger partial charge in [0.25, 0.3) is 0 Å². The van der Waals surface area contributed by atoms with Gasteiger partial charge in [-0.3, -0.25) is 4.79 Å². The predicted octanol–water partition coefficient (Wildman–Crippen LogP) is 1.63. The van der Waals surface area contributed by atoms with Gasteiger partial charge < -0.3 is 5.32 Å². The lowest BCUT2D eigenvalue weighted by molar-refractivity contribution is -0.123. The lowest BCUT2D eigenvalue weighted by Gasteiger charge is -2.19. The first-order valence-corrected chi connectivity index (χ1v) is 7.01. The molecule has 0 radical (unpaired) electrons. The Morgan fingerprint density at radius 1 is 1.28 bits per heavy atom. The molecule has 0 saturated carbocycles. The number of amides is 1. The van der Waals surface area contributed by atoms with Gasteiger partial charge in [0.05, 0.1) is 4.90 Å². The van der Waals surface area contributed by atoms with Crippen LogP contribution < -0.4 is 10.5 Å². The van der Waals surface area contributed by atoms with Crippen LogP contribution in [-0.2, 0) is 14.8 Å². The molecule has 1 aromatic rings. The van der Waals surface area contributed by atoms with Gasteiger partial charge in [-0.15, -0.1) is 0 Å². The van der Waals surface area contributed by atoms with Crippen molar-refractivity contribution in [1.29, 1.82) is 0 Å². The Labute approximate surface area is 107 Å². The molecule has 0 saturated heterocycles. The number of hydrogen-bond donors (Lipinski definition) is 2. The zero-order valence-corrected chi connectivity index (χ0v) is 11.8. The third-order valence-corrected chi connectivity index (χ3v) is 3.38. The number of carbonyl (C=O) groups is 1. The van der Waals surface area contributed by atoms with Crippen LogP contribution in [0.15, 0.2) is 23.1 Å². The van der Waals surface area contributed by atoms with E-state index >= 15 is 0 Å². The van der Waals surface area contributed by atoms with E-state index in [1.807, 2.05) is 0 Å². The fourth-order valence-electron chi connectivity index (χ4n) is 1.22. The minimum absolute atomic E-state index is 0.0164. The number of nitrogens with two attached hydrogens (primary N) is 1. The monoisotopic (exact) mass is 270 g/mol. The maximum absolute atomic E-state index is 11.9. The van der Waals surface area contributed by atoms with E-state index in [0.29, 0.717) is 5.69 Å². The van der Waals surface area contributed by atoms with Gasteiger partial charge in [0.2, 0.25) is 15.9 Å².